The van der Waals surface area contributed by atoms with Crippen molar-refractivity contribution in [3.05, 3.63) is 0 Å². The van der Waals surface area contributed by atoms with Crippen LogP contribution in [-0.4, -0.2) is 36.3 Å². The van der Waals surface area contributed by atoms with Crippen LogP contribution < -0.4 is 0 Å². The van der Waals surface area contributed by atoms with E-state index >= 15 is 0 Å². The summed E-state index contributed by atoms with van der Waals surface area (Å²) in [6.45, 7) is 0.403. The second-order valence-corrected chi connectivity index (χ2v) is 8.22. The van der Waals surface area contributed by atoms with E-state index in [4.69, 9.17) is 14.7 Å². The number of hydrogen-bond acceptors (Lipinski definition) is 3. The zero-order valence-corrected chi connectivity index (χ0v) is 16.3. The molecular weight excluding hydrogens is 560 g/mol. The number of halogens is 3. The molecule has 0 saturated carbocycles. The molecule has 2 unspecified atom stereocenters. The van der Waals surface area contributed by atoms with Gasteiger partial charge in [-0.2, -0.15) is 0 Å². The van der Waals surface area contributed by atoms with Gasteiger partial charge >= 0.3 is 7.32 Å². The minimum absolute atomic E-state index is 0.337. The Bertz CT molecular complexity index is 175. The largest absolute Gasteiger partial charge is 0.633 e. The van der Waals surface area contributed by atoms with Gasteiger partial charge < -0.3 is 14.7 Å². The molecule has 0 rings (SSSR count). The highest BCUT2D eigenvalue weighted by molar-refractivity contribution is 14.1. The molecule has 0 aliphatic rings. The predicted octanol–water partition coefficient (Wildman–Crippen LogP) is 3.36. The van der Waals surface area contributed by atoms with Crippen molar-refractivity contribution in [2.24, 2.45) is 0 Å². The molecule has 0 aromatic heterocycles. The Hall–Kier alpha value is 2.13. The molecule has 0 spiro atoms. The summed E-state index contributed by atoms with van der Waals surface area (Å²) >= 11 is 7.18. The molecular formula is C10H20BI3O3. The van der Waals surface area contributed by atoms with E-state index in [0.717, 1.165) is 0 Å². The van der Waals surface area contributed by atoms with E-state index in [0.29, 0.717) is 14.5 Å². The summed E-state index contributed by atoms with van der Waals surface area (Å²) in [5.41, 5.74) is 0. The van der Waals surface area contributed by atoms with E-state index in [1.54, 1.807) is 0 Å². The minimum Gasteiger partial charge on any atom is -0.402 e. The normalized spacial score (nSPS) is 14.6. The first-order valence-electron chi connectivity index (χ1n) is 5.89. The van der Waals surface area contributed by atoms with Gasteiger partial charge in [-0.05, 0) is 17.3 Å². The summed E-state index contributed by atoms with van der Waals surface area (Å²) in [6.07, 6.45) is 7.78. The molecule has 3 nitrogen and oxygen atoms in total. The monoisotopic (exact) mass is 580 g/mol. The Kier molecular flexibility index (Phi) is 14.8. The van der Waals surface area contributed by atoms with Crippen molar-refractivity contribution < 1.29 is 14.7 Å². The van der Waals surface area contributed by atoms with Crippen LogP contribution in [0.15, 0.2) is 0 Å². The van der Waals surface area contributed by atoms with Gasteiger partial charge in [0.1, 0.15) is 0 Å². The summed E-state index contributed by atoms with van der Waals surface area (Å²) in [6, 6.07) is 0. The van der Waals surface area contributed by atoms with Gasteiger partial charge in [0.15, 0.2) is 0 Å². The van der Waals surface area contributed by atoms with Crippen molar-refractivity contribution in [2.75, 3.05) is 11.0 Å². The van der Waals surface area contributed by atoms with Crippen molar-refractivity contribution in [1.29, 1.82) is 0 Å². The van der Waals surface area contributed by atoms with Gasteiger partial charge in [0.25, 0.3) is 0 Å². The quantitative estimate of drug-likeness (QED) is 0.171. The van der Waals surface area contributed by atoms with Crippen LogP contribution in [-0.2, 0) is 4.65 Å². The summed E-state index contributed by atoms with van der Waals surface area (Å²) in [4.78, 5) is 0. The molecule has 102 valence electrons. The molecule has 0 amide bonds. The van der Waals surface area contributed by atoms with Gasteiger partial charge in [-0.1, -0.05) is 93.5 Å². The fourth-order valence-corrected chi connectivity index (χ4v) is 3.18. The number of hydrogen-bond donors (Lipinski definition) is 2. The third kappa shape index (κ3) is 12.9. The maximum absolute atomic E-state index is 8.61. The molecule has 0 aromatic carbocycles. The standard InChI is InChI=1S/C10H20BI3O3/c12-7-5-3-1-2-4-6-9(13)10(14)8-17-11(15)16/h9-10,15-16H,1-8H2. The third-order valence-electron chi connectivity index (χ3n) is 2.41. The second-order valence-electron chi connectivity index (χ2n) is 3.94. The predicted molar refractivity (Wildman–Crippen MR) is 98.3 cm³/mol. The Morgan fingerprint density at radius 3 is 2.12 bits per heavy atom. The highest BCUT2D eigenvalue weighted by Crippen LogP contribution is 2.22. The van der Waals surface area contributed by atoms with Crippen molar-refractivity contribution in [3.8, 4) is 0 Å². The smallest absolute Gasteiger partial charge is 0.402 e. The first-order valence-corrected chi connectivity index (χ1v) is 9.91. The Morgan fingerprint density at radius 1 is 0.941 bits per heavy atom. The maximum Gasteiger partial charge on any atom is 0.633 e. The SMILES string of the molecule is OB(O)OCC(I)C(I)CCCCCCCI. The Labute approximate surface area is 145 Å². The van der Waals surface area contributed by atoms with E-state index in [9.17, 15) is 0 Å². The molecule has 2 atom stereocenters. The van der Waals surface area contributed by atoms with Crippen LogP contribution in [0.4, 0.5) is 0 Å². The molecule has 0 radical (unpaired) electrons. The number of alkyl halides is 3. The Balaban J connectivity index is 3.40. The lowest BCUT2D eigenvalue weighted by Gasteiger charge is -2.16. The van der Waals surface area contributed by atoms with E-state index in [1.807, 2.05) is 0 Å². The van der Waals surface area contributed by atoms with Crippen LogP contribution >= 0.6 is 67.8 Å². The fourth-order valence-electron chi connectivity index (χ4n) is 1.43. The van der Waals surface area contributed by atoms with E-state index in [1.165, 1.54) is 43.0 Å². The summed E-state index contributed by atoms with van der Waals surface area (Å²) in [5, 5.41) is 17.2. The van der Waals surface area contributed by atoms with Gasteiger partial charge in [-0.3, -0.25) is 0 Å². The molecule has 7 heteroatoms. The molecule has 0 aliphatic heterocycles. The van der Waals surface area contributed by atoms with E-state index in [2.05, 4.69) is 67.8 Å². The van der Waals surface area contributed by atoms with E-state index in [-0.39, 0.29) is 0 Å². The van der Waals surface area contributed by atoms with Gasteiger partial charge in [0.2, 0.25) is 0 Å². The average molecular weight is 580 g/mol. The number of rotatable bonds is 11. The molecule has 17 heavy (non-hydrogen) atoms. The van der Waals surface area contributed by atoms with Crippen LogP contribution in [0.2, 0.25) is 0 Å². The lowest BCUT2D eigenvalue weighted by molar-refractivity contribution is 0.188. The zero-order chi connectivity index (χ0) is 13.1. The first-order chi connectivity index (χ1) is 8.07. The van der Waals surface area contributed by atoms with Gasteiger partial charge in [0, 0.05) is 14.5 Å². The van der Waals surface area contributed by atoms with Crippen molar-refractivity contribution in [3.63, 3.8) is 0 Å². The van der Waals surface area contributed by atoms with Gasteiger partial charge in [0.05, 0.1) is 0 Å². The molecule has 2 N–H and O–H groups in total. The van der Waals surface area contributed by atoms with Crippen LogP contribution in [0.3, 0.4) is 0 Å². The zero-order valence-electron chi connectivity index (χ0n) is 9.83. The molecule has 0 aromatic rings. The van der Waals surface area contributed by atoms with E-state index < -0.39 is 7.32 Å². The number of unbranched alkanes of at least 4 members (excludes halogenated alkanes) is 4. The lowest BCUT2D eigenvalue weighted by atomic mass is 10.1. The van der Waals surface area contributed by atoms with Crippen LogP contribution in [0, 0.1) is 0 Å². The van der Waals surface area contributed by atoms with Gasteiger partial charge in [-0.25, -0.2) is 0 Å². The average Bonchev–Trinajstić information content (AvgIpc) is 2.30. The lowest BCUT2D eigenvalue weighted by Crippen LogP contribution is -2.26. The highest BCUT2D eigenvalue weighted by Gasteiger charge is 2.18. The Morgan fingerprint density at radius 2 is 1.53 bits per heavy atom. The van der Waals surface area contributed by atoms with Gasteiger partial charge in [-0.15, -0.1) is 0 Å². The van der Waals surface area contributed by atoms with Crippen LogP contribution in [0.25, 0.3) is 0 Å². The first kappa shape index (κ1) is 19.1. The van der Waals surface area contributed by atoms with Crippen LogP contribution in [0.1, 0.15) is 38.5 Å². The molecule has 0 aliphatic carbocycles. The topological polar surface area (TPSA) is 49.7 Å². The molecule has 0 bridgehead atoms. The summed E-state index contributed by atoms with van der Waals surface area (Å²) in [5.74, 6) is 0. The van der Waals surface area contributed by atoms with Crippen molar-refractivity contribution in [2.45, 2.75) is 46.4 Å². The van der Waals surface area contributed by atoms with Crippen molar-refractivity contribution >= 4 is 75.1 Å². The third-order valence-corrected chi connectivity index (χ3v) is 7.27. The van der Waals surface area contributed by atoms with Crippen molar-refractivity contribution in [1.82, 2.24) is 0 Å². The maximum atomic E-state index is 8.61. The fraction of sp³-hybridized carbons (Fsp3) is 1.00. The van der Waals surface area contributed by atoms with Crippen LogP contribution in [0.5, 0.6) is 0 Å². The molecule has 0 saturated heterocycles. The molecule has 0 heterocycles. The minimum atomic E-state index is -1.64. The highest BCUT2D eigenvalue weighted by atomic mass is 127. The second kappa shape index (κ2) is 13.1. The molecule has 0 fully saturated rings. The summed E-state index contributed by atoms with van der Waals surface area (Å²) < 4.78 is 6.93. The summed E-state index contributed by atoms with van der Waals surface area (Å²) in [7, 11) is -1.64.